The summed E-state index contributed by atoms with van der Waals surface area (Å²) in [5.41, 5.74) is 3.37. The second-order valence-corrected chi connectivity index (χ2v) is 3.71. The van der Waals surface area contributed by atoms with Gasteiger partial charge < -0.3 is 10.2 Å². The number of anilines is 2. The number of carbonyl (C=O) groups excluding carboxylic acids is 1. The van der Waals surface area contributed by atoms with Crippen LogP contribution in [0.3, 0.4) is 0 Å². The Morgan fingerprint density at radius 3 is 3.13 bits per heavy atom. The highest BCUT2D eigenvalue weighted by Crippen LogP contribution is 2.29. The van der Waals surface area contributed by atoms with Gasteiger partial charge in [-0.3, -0.25) is 4.79 Å². The van der Waals surface area contributed by atoms with Crippen LogP contribution in [0.2, 0.25) is 0 Å². The van der Waals surface area contributed by atoms with Gasteiger partial charge in [0.05, 0.1) is 0 Å². The first kappa shape index (κ1) is 9.77. The summed E-state index contributed by atoms with van der Waals surface area (Å²) in [5, 5.41) is 2.76. The Morgan fingerprint density at radius 2 is 2.40 bits per heavy atom. The number of hydrogen-bond acceptors (Lipinski definition) is 2. The standard InChI is InChI=1S/C12H14N2O/c1-3-12(15)13-10-5-4-9-6-7-14(2)11(9)8-10/h3-5,8H,1,6-7H2,2H3,(H,13,15). The van der Waals surface area contributed by atoms with Gasteiger partial charge in [0.1, 0.15) is 0 Å². The van der Waals surface area contributed by atoms with Gasteiger partial charge in [0.25, 0.3) is 0 Å². The Balaban J connectivity index is 2.25. The lowest BCUT2D eigenvalue weighted by atomic mass is 10.1. The molecule has 0 spiro atoms. The molecule has 0 saturated carbocycles. The monoisotopic (exact) mass is 202 g/mol. The van der Waals surface area contributed by atoms with Gasteiger partial charge in [-0.05, 0) is 30.2 Å². The summed E-state index contributed by atoms with van der Waals surface area (Å²) in [4.78, 5) is 13.3. The van der Waals surface area contributed by atoms with E-state index in [0.717, 1.165) is 18.7 Å². The van der Waals surface area contributed by atoms with Crippen molar-refractivity contribution in [3.63, 3.8) is 0 Å². The van der Waals surface area contributed by atoms with Crippen molar-refractivity contribution in [3.8, 4) is 0 Å². The molecule has 3 nitrogen and oxygen atoms in total. The van der Waals surface area contributed by atoms with E-state index in [4.69, 9.17) is 0 Å². The predicted molar refractivity (Wildman–Crippen MR) is 62.2 cm³/mol. The Kier molecular flexibility index (Phi) is 2.46. The average molecular weight is 202 g/mol. The zero-order valence-electron chi connectivity index (χ0n) is 8.79. The minimum atomic E-state index is -0.171. The molecule has 3 heteroatoms. The largest absolute Gasteiger partial charge is 0.374 e. The van der Waals surface area contributed by atoms with E-state index >= 15 is 0 Å². The summed E-state index contributed by atoms with van der Waals surface area (Å²) in [5.74, 6) is -0.171. The fourth-order valence-corrected chi connectivity index (χ4v) is 1.81. The maximum atomic E-state index is 11.1. The normalized spacial score (nSPS) is 13.5. The van der Waals surface area contributed by atoms with Gasteiger partial charge in [-0.2, -0.15) is 0 Å². The number of benzene rings is 1. The molecule has 0 fully saturated rings. The van der Waals surface area contributed by atoms with Crippen molar-refractivity contribution in [2.45, 2.75) is 6.42 Å². The van der Waals surface area contributed by atoms with Crippen molar-refractivity contribution in [1.29, 1.82) is 0 Å². The molecule has 0 aromatic heterocycles. The first-order valence-corrected chi connectivity index (χ1v) is 4.98. The number of rotatable bonds is 2. The number of hydrogen-bond donors (Lipinski definition) is 1. The Morgan fingerprint density at radius 1 is 1.60 bits per heavy atom. The van der Waals surface area contributed by atoms with E-state index in [9.17, 15) is 4.79 Å². The molecule has 0 atom stereocenters. The van der Waals surface area contributed by atoms with Crippen molar-refractivity contribution >= 4 is 17.3 Å². The quantitative estimate of drug-likeness (QED) is 0.742. The summed E-state index contributed by atoms with van der Waals surface area (Å²) in [7, 11) is 2.06. The highest BCUT2D eigenvalue weighted by Gasteiger charge is 2.15. The van der Waals surface area contributed by atoms with E-state index in [1.54, 1.807) is 0 Å². The Labute approximate surface area is 89.4 Å². The van der Waals surface area contributed by atoms with Crippen molar-refractivity contribution < 1.29 is 4.79 Å². The number of likely N-dealkylation sites (N-methyl/N-ethyl adjacent to an activating group) is 1. The first-order chi connectivity index (χ1) is 7.20. The number of amides is 1. The topological polar surface area (TPSA) is 32.3 Å². The van der Waals surface area contributed by atoms with Crippen LogP contribution >= 0.6 is 0 Å². The third-order valence-electron chi connectivity index (χ3n) is 2.67. The molecule has 1 heterocycles. The molecule has 1 aromatic rings. The van der Waals surface area contributed by atoms with Crippen LogP contribution in [0.25, 0.3) is 0 Å². The number of nitrogens with zero attached hydrogens (tertiary/aromatic N) is 1. The molecule has 1 aliphatic heterocycles. The lowest BCUT2D eigenvalue weighted by Gasteiger charge is -2.13. The molecule has 78 valence electrons. The zero-order valence-corrected chi connectivity index (χ0v) is 8.79. The molecular weight excluding hydrogens is 188 g/mol. The van der Waals surface area contributed by atoms with Gasteiger partial charge >= 0.3 is 0 Å². The Hall–Kier alpha value is -1.77. The fourth-order valence-electron chi connectivity index (χ4n) is 1.81. The maximum absolute atomic E-state index is 11.1. The van der Waals surface area contributed by atoms with Crippen molar-refractivity contribution in [2.24, 2.45) is 0 Å². The summed E-state index contributed by atoms with van der Waals surface area (Å²) in [6.07, 6.45) is 2.36. The van der Waals surface area contributed by atoms with E-state index in [1.165, 1.54) is 17.3 Å². The SMILES string of the molecule is C=CC(=O)Nc1ccc2c(c1)N(C)CC2. The lowest BCUT2D eigenvalue weighted by Crippen LogP contribution is -2.13. The molecule has 1 aliphatic rings. The molecule has 1 aromatic carbocycles. The minimum Gasteiger partial charge on any atom is -0.374 e. The van der Waals surface area contributed by atoms with Crippen LogP contribution in [0.15, 0.2) is 30.9 Å². The second-order valence-electron chi connectivity index (χ2n) is 3.71. The van der Waals surface area contributed by atoms with Gasteiger partial charge in [-0.1, -0.05) is 12.6 Å². The molecule has 0 aliphatic carbocycles. The minimum absolute atomic E-state index is 0.171. The zero-order chi connectivity index (χ0) is 10.8. The summed E-state index contributed by atoms with van der Waals surface area (Å²) >= 11 is 0. The van der Waals surface area contributed by atoms with Crippen LogP contribution in [0.1, 0.15) is 5.56 Å². The van der Waals surface area contributed by atoms with Crippen LogP contribution in [0.5, 0.6) is 0 Å². The smallest absolute Gasteiger partial charge is 0.247 e. The number of carbonyl (C=O) groups is 1. The third kappa shape index (κ3) is 1.86. The number of nitrogens with one attached hydrogen (secondary N) is 1. The molecule has 1 amide bonds. The van der Waals surface area contributed by atoms with E-state index in [0.29, 0.717) is 0 Å². The van der Waals surface area contributed by atoms with Gasteiger partial charge in [-0.25, -0.2) is 0 Å². The Bertz CT molecular complexity index is 412. The molecule has 0 radical (unpaired) electrons. The molecule has 15 heavy (non-hydrogen) atoms. The highest BCUT2D eigenvalue weighted by molar-refractivity contribution is 5.99. The van der Waals surface area contributed by atoms with Crippen LogP contribution < -0.4 is 10.2 Å². The van der Waals surface area contributed by atoms with E-state index < -0.39 is 0 Å². The molecule has 1 N–H and O–H groups in total. The van der Waals surface area contributed by atoms with E-state index in [2.05, 4.69) is 29.9 Å². The first-order valence-electron chi connectivity index (χ1n) is 4.98. The maximum Gasteiger partial charge on any atom is 0.247 e. The summed E-state index contributed by atoms with van der Waals surface area (Å²) in [6, 6.07) is 6.00. The van der Waals surface area contributed by atoms with Crippen molar-refractivity contribution in [1.82, 2.24) is 0 Å². The van der Waals surface area contributed by atoms with Crippen molar-refractivity contribution in [2.75, 3.05) is 23.8 Å². The van der Waals surface area contributed by atoms with Crippen molar-refractivity contribution in [3.05, 3.63) is 36.4 Å². The van der Waals surface area contributed by atoms with Crippen LogP contribution in [0, 0.1) is 0 Å². The summed E-state index contributed by atoms with van der Waals surface area (Å²) in [6.45, 7) is 4.47. The van der Waals surface area contributed by atoms with E-state index in [-0.39, 0.29) is 5.91 Å². The van der Waals surface area contributed by atoms with Gasteiger partial charge in [-0.15, -0.1) is 0 Å². The number of fused-ring (bicyclic) bond motifs is 1. The molecule has 0 bridgehead atoms. The van der Waals surface area contributed by atoms with Crippen LogP contribution in [-0.2, 0) is 11.2 Å². The fraction of sp³-hybridized carbons (Fsp3) is 0.250. The highest BCUT2D eigenvalue weighted by atomic mass is 16.1. The molecule has 0 unspecified atom stereocenters. The van der Waals surface area contributed by atoms with Crippen LogP contribution in [-0.4, -0.2) is 19.5 Å². The lowest BCUT2D eigenvalue weighted by molar-refractivity contribution is -0.111. The van der Waals surface area contributed by atoms with Gasteiger partial charge in [0.2, 0.25) is 5.91 Å². The van der Waals surface area contributed by atoms with E-state index in [1.807, 2.05) is 12.1 Å². The average Bonchev–Trinajstić information content (AvgIpc) is 2.60. The summed E-state index contributed by atoms with van der Waals surface area (Å²) < 4.78 is 0. The third-order valence-corrected chi connectivity index (χ3v) is 2.67. The van der Waals surface area contributed by atoms with Gasteiger partial charge in [0.15, 0.2) is 0 Å². The second kappa shape index (κ2) is 3.77. The molecule has 0 saturated heterocycles. The predicted octanol–water partition coefficient (Wildman–Crippen LogP) is 1.80. The molecule has 2 rings (SSSR count). The van der Waals surface area contributed by atoms with Gasteiger partial charge in [0, 0.05) is 25.0 Å². The molecular formula is C12H14N2O. The van der Waals surface area contributed by atoms with Crippen LogP contribution in [0.4, 0.5) is 11.4 Å².